The lowest BCUT2D eigenvalue weighted by Crippen LogP contribution is -2.44. The molecule has 24 heavy (non-hydrogen) atoms. The molecule has 2 aliphatic rings. The molecule has 1 aromatic heterocycles. The molecule has 5 heteroatoms. The lowest BCUT2D eigenvalue weighted by Gasteiger charge is -2.40. The number of aryl methyl sites for hydroxylation is 2. The minimum absolute atomic E-state index is 0.0245. The van der Waals surface area contributed by atoms with Gasteiger partial charge in [0.2, 0.25) is 5.91 Å². The van der Waals surface area contributed by atoms with Crippen LogP contribution in [-0.2, 0) is 23.7 Å². The number of hydrogen-bond donors (Lipinski definition) is 1. The van der Waals surface area contributed by atoms with E-state index in [0.717, 1.165) is 25.9 Å². The fourth-order valence-corrected chi connectivity index (χ4v) is 4.29. The zero-order valence-corrected chi connectivity index (χ0v) is 14.2. The number of carbonyl (C=O) groups excluding carboxylic acids is 1. The minimum atomic E-state index is 0.0245. The molecule has 2 heterocycles. The molecule has 1 aliphatic heterocycles. The summed E-state index contributed by atoms with van der Waals surface area (Å²) in [6, 6.07) is 10.7. The summed E-state index contributed by atoms with van der Waals surface area (Å²) in [5.74, 6) is 0.650. The lowest BCUT2D eigenvalue weighted by atomic mass is 9.74. The number of piperidine rings is 1. The first-order chi connectivity index (χ1) is 11.6. The summed E-state index contributed by atoms with van der Waals surface area (Å²) < 4.78 is 1.69. The van der Waals surface area contributed by atoms with Crippen molar-refractivity contribution in [1.29, 1.82) is 0 Å². The third-order valence-electron chi connectivity index (χ3n) is 5.62. The van der Waals surface area contributed by atoms with Gasteiger partial charge in [-0.25, -0.2) is 0 Å². The van der Waals surface area contributed by atoms with E-state index >= 15 is 0 Å². The Bertz CT molecular complexity index is 743. The smallest absolute Gasteiger partial charge is 0.239 e. The van der Waals surface area contributed by atoms with Gasteiger partial charge in [0.05, 0.1) is 6.54 Å². The molecule has 0 radical (unpaired) electrons. The van der Waals surface area contributed by atoms with Crippen molar-refractivity contribution in [3.05, 3.63) is 47.7 Å². The summed E-state index contributed by atoms with van der Waals surface area (Å²) in [6.07, 6.45) is 6.61. The summed E-state index contributed by atoms with van der Waals surface area (Å²) in [6.45, 7) is 2.43. The zero-order chi connectivity index (χ0) is 16.6. The van der Waals surface area contributed by atoms with Crippen LogP contribution in [-0.4, -0.2) is 40.2 Å². The summed E-state index contributed by atoms with van der Waals surface area (Å²) in [5.41, 5.74) is 3.44. The predicted molar refractivity (Wildman–Crippen MR) is 94.0 cm³/mol. The van der Waals surface area contributed by atoms with Gasteiger partial charge in [0.1, 0.15) is 0 Å². The number of hydrogen-bond acceptors (Lipinski definition) is 3. The molecule has 1 amide bonds. The molecule has 2 aromatic rings. The molecular weight excluding hydrogens is 300 g/mol. The first-order valence-corrected chi connectivity index (χ1v) is 8.75. The van der Waals surface area contributed by atoms with Gasteiger partial charge >= 0.3 is 0 Å². The molecule has 126 valence electrons. The van der Waals surface area contributed by atoms with Crippen molar-refractivity contribution in [3.8, 4) is 0 Å². The number of nitrogens with one attached hydrogen (secondary N) is 1. The normalized spacial score (nSPS) is 19.4. The van der Waals surface area contributed by atoms with E-state index in [4.69, 9.17) is 0 Å². The van der Waals surface area contributed by atoms with E-state index < -0.39 is 0 Å². The monoisotopic (exact) mass is 324 g/mol. The van der Waals surface area contributed by atoms with Crippen LogP contribution in [0.5, 0.6) is 0 Å². The van der Waals surface area contributed by atoms with Crippen LogP contribution in [0.1, 0.15) is 30.4 Å². The quantitative estimate of drug-likeness (QED) is 0.943. The topological polar surface area (TPSA) is 50.2 Å². The number of anilines is 1. The summed E-state index contributed by atoms with van der Waals surface area (Å²) in [7, 11) is 1.85. The molecule has 0 atom stereocenters. The fraction of sp³-hybridized carbons (Fsp3) is 0.474. The number of benzene rings is 1. The number of amides is 1. The SMILES string of the molecule is Cn1ccc(NC(=O)CN2CCC3(CCc4ccccc43)CC2)n1. The number of nitrogens with zero attached hydrogens (tertiary/aromatic N) is 3. The highest BCUT2D eigenvalue weighted by Gasteiger charge is 2.40. The van der Waals surface area contributed by atoms with Crippen LogP contribution < -0.4 is 5.32 Å². The van der Waals surface area contributed by atoms with Crippen LogP contribution in [0.2, 0.25) is 0 Å². The number of carbonyl (C=O) groups is 1. The highest BCUT2D eigenvalue weighted by molar-refractivity contribution is 5.91. The van der Waals surface area contributed by atoms with Gasteiger partial charge in [-0.15, -0.1) is 0 Å². The maximum atomic E-state index is 12.2. The largest absolute Gasteiger partial charge is 0.308 e. The van der Waals surface area contributed by atoms with Crippen molar-refractivity contribution in [1.82, 2.24) is 14.7 Å². The van der Waals surface area contributed by atoms with Crippen molar-refractivity contribution >= 4 is 11.7 Å². The third-order valence-corrected chi connectivity index (χ3v) is 5.62. The average molecular weight is 324 g/mol. The van der Waals surface area contributed by atoms with Crippen LogP contribution in [0.4, 0.5) is 5.82 Å². The second-order valence-electron chi connectivity index (χ2n) is 7.14. The van der Waals surface area contributed by atoms with Gasteiger partial charge in [-0.1, -0.05) is 24.3 Å². The number of aromatic nitrogens is 2. The Morgan fingerprint density at radius 1 is 1.21 bits per heavy atom. The molecule has 1 aliphatic carbocycles. The van der Waals surface area contributed by atoms with Crippen molar-refractivity contribution in [3.63, 3.8) is 0 Å². The summed E-state index contributed by atoms with van der Waals surface area (Å²) in [5, 5.41) is 7.07. The molecule has 1 saturated heterocycles. The predicted octanol–water partition coefficient (Wildman–Crippen LogP) is 2.34. The Hall–Kier alpha value is -2.14. The van der Waals surface area contributed by atoms with Gasteiger partial charge in [-0.2, -0.15) is 5.10 Å². The lowest BCUT2D eigenvalue weighted by molar-refractivity contribution is -0.117. The summed E-state index contributed by atoms with van der Waals surface area (Å²) >= 11 is 0. The van der Waals surface area contributed by atoms with Crippen LogP contribution in [0.3, 0.4) is 0 Å². The third kappa shape index (κ3) is 2.84. The zero-order valence-electron chi connectivity index (χ0n) is 14.2. The molecular formula is C19H24N4O. The average Bonchev–Trinajstić information content (AvgIpc) is 3.15. The van der Waals surface area contributed by atoms with E-state index in [-0.39, 0.29) is 5.91 Å². The fourth-order valence-electron chi connectivity index (χ4n) is 4.29. The molecule has 1 N–H and O–H groups in total. The molecule has 5 nitrogen and oxygen atoms in total. The van der Waals surface area contributed by atoms with Gasteiger partial charge in [0, 0.05) is 19.3 Å². The van der Waals surface area contributed by atoms with E-state index in [1.807, 2.05) is 19.3 Å². The second-order valence-corrected chi connectivity index (χ2v) is 7.14. The second kappa shape index (κ2) is 6.06. The molecule has 4 rings (SSSR count). The Kier molecular flexibility index (Phi) is 3.88. The molecule has 0 saturated carbocycles. The maximum Gasteiger partial charge on any atom is 0.239 e. The molecule has 1 aromatic carbocycles. The Morgan fingerprint density at radius 3 is 2.75 bits per heavy atom. The molecule has 0 bridgehead atoms. The van der Waals surface area contributed by atoms with Crippen LogP contribution >= 0.6 is 0 Å². The van der Waals surface area contributed by atoms with E-state index in [1.54, 1.807) is 10.2 Å². The van der Waals surface area contributed by atoms with E-state index in [1.165, 1.54) is 18.4 Å². The Labute approximate surface area is 142 Å². The highest BCUT2D eigenvalue weighted by atomic mass is 16.2. The number of rotatable bonds is 3. The first kappa shape index (κ1) is 15.4. The standard InChI is InChI=1S/C19H24N4O/c1-22-11-7-17(21-22)20-18(24)14-23-12-9-19(10-13-23)8-6-15-4-2-3-5-16(15)19/h2-5,7,11H,6,8-10,12-14H2,1H3,(H,20,21,24). The maximum absolute atomic E-state index is 12.2. The highest BCUT2D eigenvalue weighted by Crippen LogP contribution is 2.45. The van der Waals surface area contributed by atoms with E-state index in [0.29, 0.717) is 17.8 Å². The van der Waals surface area contributed by atoms with Gasteiger partial charge in [0.15, 0.2) is 5.82 Å². The van der Waals surface area contributed by atoms with Crippen LogP contribution in [0.25, 0.3) is 0 Å². The summed E-state index contributed by atoms with van der Waals surface area (Å²) in [4.78, 5) is 14.5. The number of fused-ring (bicyclic) bond motifs is 2. The minimum Gasteiger partial charge on any atom is -0.308 e. The van der Waals surface area contributed by atoms with Gasteiger partial charge in [0.25, 0.3) is 0 Å². The van der Waals surface area contributed by atoms with Crippen molar-refractivity contribution < 1.29 is 4.79 Å². The van der Waals surface area contributed by atoms with Gasteiger partial charge in [-0.05, 0) is 55.3 Å². The molecule has 1 spiro atoms. The van der Waals surface area contributed by atoms with Crippen LogP contribution in [0, 0.1) is 0 Å². The van der Waals surface area contributed by atoms with E-state index in [2.05, 4.69) is 39.6 Å². The van der Waals surface area contributed by atoms with Crippen molar-refractivity contribution in [2.45, 2.75) is 31.1 Å². The Balaban J connectivity index is 1.34. The molecule has 0 unspecified atom stereocenters. The number of likely N-dealkylation sites (tertiary alicyclic amines) is 1. The van der Waals surface area contributed by atoms with Gasteiger partial charge < -0.3 is 5.32 Å². The van der Waals surface area contributed by atoms with Crippen molar-refractivity contribution in [2.24, 2.45) is 7.05 Å². The van der Waals surface area contributed by atoms with Crippen molar-refractivity contribution in [2.75, 3.05) is 25.0 Å². The van der Waals surface area contributed by atoms with Gasteiger partial charge in [-0.3, -0.25) is 14.4 Å². The Morgan fingerprint density at radius 2 is 2.00 bits per heavy atom. The van der Waals surface area contributed by atoms with E-state index in [9.17, 15) is 4.79 Å². The van der Waals surface area contributed by atoms with Crippen LogP contribution in [0.15, 0.2) is 36.5 Å². The molecule has 1 fully saturated rings. The first-order valence-electron chi connectivity index (χ1n) is 8.75.